The maximum Gasteiger partial charge on any atom is 0.166 e. The highest BCUT2D eigenvalue weighted by molar-refractivity contribution is 6.25. The highest BCUT2D eigenvalue weighted by Crippen LogP contribution is 2.48. The van der Waals surface area contributed by atoms with Crippen LogP contribution < -0.4 is 0 Å². The van der Waals surface area contributed by atoms with Gasteiger partial charge in [-0.25, -0.2) is 15.0 Å². The summed E-state index contributed by atoms with van der Waals surface area (Å²) < 4.78 is 9.40. The number of para-hydroxylation sites is 1. The number of nitrogens with zero attached hydrogens (tertiary/aromatic N) is 4. The molecule has 0 atom stereocenters. The van der Waals surface area contributed by atoms with E-state index in [9.17, 15) is 0 Å². The van der Waals surface area contributed by atoms with Crippen LogP contribution in [-0.2, 0) is 6.42 Å². The first-order valence-electron chi connectivity index (χ1n) is 21.0. The van der Waals surface area contributed by atoms with Gasteiger partial charge in [-0.05, 0) is 69.6 Å². The van der Waals surface area contributed by atoms with Crippen LogP contribution >= 0.6 is 0 Å². The van der Waals surface area contributed by atoms with Crippen molar-refractivity contribution in [3.63, 3.8) is 0 Å². The number of hydrogen-bond donors (Lipinski definition) is 0. The minimum absolute atomic E-state index is 0.591. The van der Waals surface area contributed by atoms with Gasteiger partial charge in [-0.1, -0.05) is 171 Å². The third kappa shape index (κ3) is 5.73. The van der Waals surface area contributed by atoms with Crippen LogP contribution in [0.5, 0.6) is 0 Å². The number of hydrogen-bond acceptors (Lipinski definition) is 4. The van der Waals surface area contributed by atoms with Crippen LogP contribution in [0.2, 0.25) is 0 Å². The summed E-state index contributed by atoms with van der Waals surface area (Å²) in [4.78, 5) is 16.2. The van der Waals surface area contributed by atoms with E-state index in [0.717, 1.165) is 90.1 Å². The monoisotopic (exact) mass is 782 g/mol. The van der Waals surface area contributed by atoms with Gasteiger partial charge in [0.05, 0.1) is 27.7 Å². The van der Waals surface area contributed by atoms with E-state index < -0.39 is 0 Å². The molecule has 3 aromatic heterocycles. The molecular formula is C56H38N4O. The molecule has 9 aromatic carbocycles. The minimum Gasteiger partial charge on any atom is -0.455 e. The van der Waals surface area contributed by atoms with Gasteiger partial charge in [0.15, 0.2) is 17.5 Å². The number of aromatic nitrogens is 4. The van der Waals surface area contributed by atoms with Gasteiger partial charge < -0.3 is 8.98 Å². The Hall–Kier alpha value is -7.89. The summed E-state index contributed by atoms with van der Waals surface area (Å²) in [5, 5.41) is 8.82. The van der Waals surface area contributed by atoms with Gasteiger partial charge in [0, 0.05) is 32.7 Å². The second kappa shape index (κ2) is 14.1. The van der Waals surface area contributed by atoms with Gasteiger partial charge in [0.2, 0.25) is 0 Å². The summed E-state index contributed by atoms with van der Waals surface area (Å²) >= 11 is 0. The van der Waals surface area contributed by atoms with Gasteiger partial charge in [0.1, 0.15) is 11.2 Å². The summed E-state index contributed by atoms with van der Waals surface area (Å²) in [6, 6.07) is 66.5. The lowest BCUT2D eigenvalue weighted by atomic mass is 9.96. The standard InChI is InChI=1S/C56H38N4O/c1-2-16-35-29-30-42-46-33-39-21-9-10-22-40(39)34-48(46)60(47(42)31-35)52-50-45-27-13-14-28-49(45)61-53(50)44-26-12-11-25-43(44)51(52)56-58-54(37-19-7-4-8-20-37)57-55(59-56)41-24-15-23-38(32-41)36-17-5-3-6-18-36/h3-15,17-34H,2,16H2,1H3. The number of aryl methyl sites for hydroxylation is 1. The largest absolute Gasteiger partial charge is 0.455 e. The summed E-state index contributed by atoms with van der Waals surface area (Å²) in [5.41, 5.74) is 11.2. The van der Waals surface area contributed by atoms with Gasteiger partial charge in [-0.15, -0.1) is 0 Å². The second-order valence-corrected chi connectivity index (χ2v) is 15.8. The maximum absolute atomic E-state index is 6.93. The zero-order valence-corrected chi connectivity index (χ0v) is 33.5. The molecule has 0 bridgehead atoms. The van der Waals surface area contributed by atoms with Crippen LogP contribution in [0, 0.1) is 0 Å². The molecule has 12 aromatic rings. The topological polar surface area (TPSA) is 56.7 Å². The normalized spacial score (nSPS) is 11.8. The SMILES string of the molecule is CCCc1ccc2c3cc4ccccc4cc3n(-c3c(-c4nc(-c5ccccc5)nc(-c5cccc(-c6ccccc6)c5)n4)c4ccccc4c4oc5ccccc5c34)c2c1. The predicted octanol–water partition coefficient (Wildman–Crippen LogP) is 14.8. The van der Waals surface area contributed by atoms with Crippen molar-refractivity contribution in [3.05, 3.63) is 194 Å². The van der Waals surface area contributed by atoms with Crippen molar-refractivity contribution in [2.45, 2.75) is 19.8 Å². The van der Waals surface area contributed by atoms with Crippen molar-refractivity contribution in [3.8, 4) is 51.0 Å². The highest BCUT2D eigenvalue weighted by Gasteiger charge is 2.28. The maximum atomic E-state index is 6.93. The fourth-order valence-electron chi connectivity index (χ4n) is 9.31. The molecule has 0 unspecified atom stereocenters. The van der Waals surface area contributed by atoms with Crippen LogP contribution in [0.15, 0.2) is 192 Å². The molecule has 0 saturated carbocycles. The van der Waals surface area contributed by atoms with E-state index >= 15 is 0 Å². The van der Waals surface area contributed by atoms with Gasteiger partial charge >= 0.3 is 0 Å². The molecule has 0 spiro atoms. The first-order chi connectivity index (χ1) is 30.2. The van der Waals surface area contributed by atoms with Crippen LogP contribution in [0.4, 0.5) is 0 Å². The van der Waals surface area contributed by atoms with Crippen LogP contribution in [-0.4, -0.2) is 19.5 Å². The molecule has 5 heteroatoms. The summed E-state index contributed by atoms with van der Waals surface area (Å²) in [5.74, 6) is 1.80. The molecule has 0 aliphatic carbocycles. The number of benzene rings is 9. The van der Waals surface area contributed by atoms with E-state index in [1.54, 1.807) is 0 Å². The Morgan fingerprint density at radius 3 is 1.84 bits per heavy atom. The Kier molecular flexibility index (Phi) is 8.13. The Labute approximate surface area is 352 Å². The van der Waals surface area contributed by atoms with Crippen molar-refractivity contribution >= 4 is 65.3 Å². The fourth-order valence-corrected chi connectivity index (χ4v) is 9.31. The van der Waals surface area contributed by atoms with E-state index in [1.807, 2.05) is 30.3 Å². The van der Waals surface area contributed by atoms with Crippen molar-refractivity contribution in [1.82, 2.24) is 19.5 Å². The lowest BCUT2D eigenvalue weighted by Crippen LogP contribution is -2.05. The highest BCUT2D eigenvalue weighted by atomic mass is 16.3. The molecule has 0 aliphatic heterocycles. The molecule has 61 heavy (non-hydrogen) atoms. The number of fused-ring (bicyclic) bond motifs is 9. The van der Waals surface area contributed by atoms with Gasteiger partial charge in [-0.2, -0.15) is 0 Å². The Balaban J connectivity index is 1.27. The predicted molar refractivity (Wildman–Crippen MR) is 252 cm³/mol. The lowest BCUT2D eigenvalue weighted by molar-refractivity contribution is 0.672. The molecule has 5 nitrogen and oxygen atoms in total. The molecule has 0 radical (unpaired) electrons. The molecule has 0 saturated heterocycles. The molecular weight excluding hydrogens is 745 g/mol. The molecule has 288 valence electrons. The van der Waals surface area contributed by atoms with Crippen molar-refractivity contribution in [2.75, 3.05) is 0 Å². The fraction of sp³-hybridized carbons (Fsp3) is 0.0536. The number of rotatable bonds is 7. The summed E-state index contributed by atoms with van der Waals surface area (Å²) in [7, 11) is 0. The third-order valence-corrected chi connectivity index (χ3v) is 12.1. The Bertz CT molecular complexity index is 3660. The lowest BCUT2D eigenvalue weighted by Gasteiger charge is -2.19. The third-order valence-electron chi connectivity index (χ3n) is 12.1. The zero-order chi connectivity index (χ0) is 40.4. The second-order valence-electron chi connectivity index (χ2n) is 15.8. The van der Waals surface area contributed by atoms with E-state index in [1.165, 1.54) is 27.1 Å². The van der Waals surface area contributed by atoms with E-state index in [-0.39, 0.29) is 0 Å². The Morgan fingerprint density at radius 1 is 0.443 bits per heavy atom. The van der Waals surface area contributed by atoms with Crippen LogP contribution in [0.25, 0.3) is 116 Å². The number of furan rings is 1. The molecule has 0 N–H and O–H groups in total. The zero-order valence-electron chi connectivity index (χ0n) is 33.5. The Morgan fingerprint density at radius 2 is 1.05 bits per heavy atom. The van der Waals surface area contributed by atoms with Crippen molar-refractivity contribution < 1.29 is 4.42 Å². The average molecular weight is 783 g/mol. The van der Waals surface area contributed by atoms with Crippen LogP contribution in [0.1, 0.15) is 18.9 Å². The van der Waals surface area contributed by atoms with Gasteiger partial charge in [0.25, 0.3) is 0 Å². The summed E-state index contributed by atoms with van der Waals surface area (Å²) in [6.45, 7) is 2.24. The molecule has 0 fully saturated rings. The first-order valence-corrected chi connectivity index (χ1v) is 21.0. The summed E-state index contributed by atoms with van der Waals surface area (Å²) in [6.07, 6.45) is 2.03. The average Bonchev–Trinajstić information content (AvgIpc) is 3.86. The smallest absolute Gasteiger partial charge is 0.166 e. The minimum atomic E-state index is 0.591. The van der Waals surface area contributed by atoms with E-state index in [2.05, 4.69) is 169 Å². The van der Waals surface area contributed by atoms with Crippen molar-refractivity contribution in [1.29, 1.82) is 0 Å². The van der Waals surface area contributed by atoms with E-state index in [0.29, 0.717) is 17.5 Å². The van der Waals surface area contributed by atoms with Gasteiger partial charge in [-0.3, -0.25) is 0 Å². The van der Waals surface area contributed by atoms with E-state index in [4.69, 9.17) is 19.4 Å². The molecule has 3 heterocycles. The first kappa shape index (κ1) is 35.1. The molecule has 0 amide bonds. The quantitative estimate of drug-likeness (QED) is 0.162. The molecule has 12 rings (SSSR count). The van der Waals surface area contributed by atoms with Crippen molar-refractivity contribution in [2.24, 2.45) is 0 Å². The van der Waals surface area contributed by atoms with Crippen LogP contribution in [0.3, 0.4) is 0 Å². The molecule has 0 aliphatic rings.